The van der Waals surface area contributed by atoms with Crippen molar-refractivity contribution in [2.24, 2.45) is 0 Å². The standard InChI is InChI=1S/C14H8N2O8/c1-24-14(23)6-9(18)3(2-15-12(6)21)8(17)5-10(19)4-7(11(4)20)16-13(5)22/h2H,1H3,(H2,15,18,21)(H2,16,19,22). The molecule has 1 aromatic carbocycles. The minimum atomic E-state index is -1.20. The fourth-order valence-corrected chi connectivity index (χ4v) is 2.25. The Kier molecular flexibility index (Phi) is 3.11. The Labute approximate surface area is 130 Å². The Morgan fingerprint density at radius 1 is 1.04 bits per heavy atom. The molecule has 0 atom stereocenters. The predicted molar refractivity (Wildman–Crippen MR) is 78.4 cm³/mol. The smallest absolute Gasteiger partial charge is 0.347 e. The molecule has 0 saturated heterocycles. The van der Waals surface area contributed by atoms with Gasteiger partial charge < -0.3 is 24.9 Å². The molecule has 0 radical (unpaired) electrons. The second kappa shape index (κ2) is 4.91. The number of pyridine rings is 2. The van der Waals surface area contributed by atoms with E-state index >= 15 is 0 Å². The SMILES string of the molecule is COC(=O)c1c(O)c(C(=O)c2c(O)c3c(=O)c3[nH]c2=O)c[nH]c1=O. The quantitative estimate of drug-likeness (QED) is 0.345. The van der Waals surface area contributed by atoms with Crippen molar-refractivity contribution in [3.63, 3.8) is 0 Å². The summed E-state index contributed by atoms with van der Waals surface area (Å²) in [5, 5.41) is 19.7. The van der Waals surface area contributed by atoms with Crippen molar-refractivity contribution < 1.29 is 24.5 Å². The second-order valence-corrected chi connectivity index (χ2v) is 4.83. The third kappa shape index (κ3) is 1.93. The summed E-state index contributed by atoms with van der Waals surface area (Å²) in [4.78, 5) is 62.9. The lowest BCUT2D eigenvalue weighted by atomic mass is 10.0. The summed E-state index contributed by atoms with van der Waals surface area (Å²) < 4.78 is 4.34. The number of rotatable bonds is 3. The van der Waals surface area contributed by atoms with Crippen molar-refractivity contribution >= 4 is 22.7 Å². The molecule has 0 amide bonds. The van der Waals surface area contributed by atoms with Crippen molar-refractivity contribution in [3.8, 4) is 11.5 Å². The lowest BCUT2D eigenvalue weighted by Crippen LogP contribution is -2.23. The highest BCUT2D eigenvalue weighted by Crippen LogP contribution is 2.29. The van der Waals surface area contributed by atoms with Crippen molar-refractivity contribution in [3.05, 3.63) is 53.8 Å². The Hall–Kier alpha value is -3.69. The van der Waals surface area contributed by atoms with Gasteiger partial charge in [-0.2, -0.15) is 0 Å². The second-order valence-electron chi connectivity index (χ2n) is 4.83. The molecule has 10 nitrogen and oxygen atoms in total. The molecule has 0 fully saturated rings. The van der Waals surface area contributed by atoms with E-state index in [2.05, 4.69) is 14.7 Å². The normalized spacial score (nSPS) is 11.0. The number of ether oxygens (including phenoxy) is 1. The highest BCUT2D eigenvalue weighted by Gasteiger charge is 2.31. The number of aromatic amines is 2. The Bertz CT molecular complexity index is 1160. The van der Waals surface area contributed by atoms with Gasteiger partial charge in [-0.3, -0.25) is 19.2 Å². The minimum Gasteiger partial charge on any atom is -0.506 e. The van der Waals surface area contributed by atoms with Crippen LogP contribution in [0.2, 0.25) is 0 Å². The molecule has 0 bridgehead atoms. The molecule has 0 saturated carbocycles. The van der Waals surface area contributed by atoms with Crippen LogP contribution < -0.4 is 16.5 Å². The van der Waals surface area contributed by atoms with Crippen LogP contribution in [0.15, 0.2) is 20.6 Å². The van der Waals surface area contributed by atoms with Gasteiger partial charge in [0.05, 0.1) is 18.1 Å². The monoisotopic (exact) mass is 332 g/mol. The third-order valence-electron chi connectivity index (χ3n) is 3.51. The summed E-state index contributed by atoms with van der Waals surface area (Å²) in [7, 11) is 0.964. The average molecular weight is 332 g/mol. The van der Waals surface area contributed by atoms with Gasteiger partial charge in [-0.05, 0) is 0 Å². The van der Waals surface area contributed by atoms with E-state index in [0.717, 1.165) is 13.3 Å². The van der Waals surface area contributed by atoms with E-state index in [0.29, 0.717) is 0 Å². The van der Waals surface area contributed by atoms with Gasteiger partial charge in [0.15, 0.2) is 5.56 Å². The molecule has 3 aromatic rings. The van der Waals surface area contributed by atoms with Gasteiger partial charge in [-0.1, -0.05) is 0 Å². The van der Waals surface area contributed by atoms with E-state index < -0.39 is 56.5 Å². The fraction of sp³-hybridized carbons (Fsp3) is 0.0714. The van der Waals surface area contributed by atoms with Crippen molar-refractivity contribution in [2.75, 3.05) is 7.11 Å². The molecule has 0 aliphatic heterocycles. The molecule has 10 heteroatoms. The first kappa shape index (κ1) is 15.2. The number of fused-ring (bicyclic) bond motifs is 1. The maximum absolute atomic E-state index is 12.4. The molecule has 2 aromatic heterocycles. The van der Waals surface area contributed by atoms with E-state index in [4.69, 9.17) is 0 Å². The van der Waals surface area contributed by atoms with E-state index in [-0.39, 0.29) is 10.9 Å². The number of aromatic nitrogens is 2. The molecule has 0 unspecified atom stereocenters. The van der Waals surface area contributed by atoms with Gasteiger partial charge in [0.2, 0.25) is 11.2 Å². The molecular formula is C14H8N2O8. The van der Waals surface area contributed by atoms with Crippen LogP contribution in [0.5, 0.6) is 11.5 Å². The van der Waals surface area contributed by atoms with Gasteiger partial charge in [0, 0.05) is 6.20 Å². The number of hydrogen-bond donors (Lipinski definition) is 4. The number of methoxy groups -OCH3 is 1. The molecular weight excluding hydrogens is 324 g/mol. The lowest BCUT2D eigenvalue weighted by molar-refractivity contribution is 0.0595. The molecule has 24 heavy (non-hydrogen) atoms. The third-order valence-corrected chi connectivity index (χ3v) is 3.51. The summed E-state index contributed by atoms with van der Waals surface area (Å²) in [6, 6.07) is 0. The highest BCUT2D eigenvalue weighted by atomic mass is 16.5. The maximum atomic E-state index is 12.4. The van der Waals surface area contributed by atoms with Crippen molar-refractivity contribution in [1.29, 1.82) is 0 Å². The van der Waals surface area contributed by atoms with E-state index in [1.54, 1.807) is 0 Å². The number of ketones is 1. The average Bonchev–Trinajstić information content (AvgIpc) is 3.17. The summed E-state index contributed by atoms with van der Waals surface area (Å²) >= 11 is 0. The Morgan fingerprint density at radius 3 is 2.33 bits per heavy atom. The van der Waals surface area contributed by atoms with E-state index in [9.17, 15) is 34.2 Å². The number of carbonyl (C=O) groups excluding carboxylic acids is 2. The number of hydrogen-bond acceptors (Lipinski definition) is 8. The van der Waals surface area contributed by atoms with Crippen molar-refractivity contribution in [1.82, 2.24) is 9.97 Å². The number of esters is 1. The number of aromatic hydroxyl groups is 2. The predicted octanol–water partition coefficient (Wildman–Crippen LogP) is -1.12. The molecule has 122 valence electrons. The Balaban J connectivity index is 2.24. The van der Waals surface area contributed by atoms with Crippen molar-refractivity contribution in [2.45, 2.75) is 0 Å². The van der Waals surface area contributed by atoms with Crippen LogP contribution in [0.1, 0.15) is 26.3 Å². The van der Waals surface area contributed by atoms with Gasteiger partial charge in [-0.25, -0.2) is 4.79 Å². The summed E-state index contributed by atoms with van der Waals surface area (Å²) in [6.07, 6.45) is 0.776. The maximum Gasteiger partial charge on any atom is 0.347 e. The molecule has 4 N–H and O–H groups in total. The fourth-order valence-electron chi connectivity index (χ4n) is 2.25. The van der Waals surface area contributed by atoms with E-state index in [1.807, 2.05) is 0 Å². The number of nitrogens with one attached hydrogen (secondary N) is 2. The van der Waals surface area contributed by atoms with Crippen LogP contribution in [0.4, 0.5) is 0 Å². The minimum absolute atomic E-state index is 0.102. The zero-order valence-corrected chi connectivity index (χ0v) is 11.9. The Morgan fingerprint density at radius 2 is 1.71 bits per heavy atom. The zero-order valence-electron chi connectivity index (χ0n) is 11.9. The van der Waals surface area contributed by atoms with Crippen LogP contribution in [-0.4, -0.2) is 39.0 Å². The van der Waals surface area contributed by atoms with Gasteiger partial charge in [0.25, 0.3) is 11.1 Å². The first-order valence-electron chi connectivity index (χ1n) is 6.41. The van der Waals surface area contributed by atoms with Gasteiger partial charge in [-0.15, -0.1) is 0 Å². The van der Waals surface area contributed by atoms with Crippen LogP contribution in [-0.2, 0) is 4.74 Å². The van der Waals surface area contributed by atoms with Gasteiger partial charge in [0.1, 0.15) is 22.6 Å². The molecule has 0 aliphatic rings. The number of carbonyl (C=O) groups is 2. The molecule has 2 heterocycles. The summed E-state index contributed by atoms with van der Waals surface area (Å²) in [5.74, 6) is -4.22. The summed E-state index contributed by atoms with van der Waals surface area (Å²) in [6.45, 7) is 0. The van der Waals surface area contributed by atoms with Gasteiger partial charge >= 0.3 is 5.97 Å². The first-order valence-corrected chi connectivity index (χ1v) is 6.41. The van der Waals surface area contributed by atoms with Crippen LogP contribution in [0.3, 0.4) is 0 Å². The highest BCUT2D eigenvalue weighted by molar-refractivity contribution is 6.16. The molecule has 0 aliphatic carbocycles. The first-order chi connectivity index (χ1) is 11.3. The number of H-pyrrole nitrogens is 2. The van der Waals surface area contributed by atoms with Crippen LogP contribution in [0, 0.1) is 0 Å². The molecule has 0 spiro atoms. The van der Waals surface area contributed by atoms with Crippen LogP contribution in [0.25, 0.3) is 10.9 Å². The summed E-state index contributed by atoms with van der Waals surface area (Å²) in [5.41, 5.74) is -5.01. The van der Waals surface area contributed by atoms with E-state index in [1.165, 1.54) is 0 Å². The molecule has 3 rings (SSSR count). The lowest BCUT2D eigenvalue weighted by Gasteiger charge is -2.07. The largest absolute Gasteiger partial charge is 0.506 e. The topological polar surface area (TPSA) is 167 Å². The zero-order chi connectivity index (χ0) is 17.8. The van der Waals surface area contributed by atoms with Crippen LogP contribution >= 0.6 is 0 Å².